The van der Waals surface area contributed by atoms with E-state index in [-0.39, 0.29) is 5.91 Å². The van der Waals surface area contributed by atoms with Crippen molar-refractivity contribution < 1.29 is 4.79 Å². The Morgan fingerprint density at radius 1 is 1.23 bits per heavy atom. The molecule has 3 aromatic rings. The van der Waals surface area contributed by atoms with E-state index in [0.717, 1.165) is 35.5 Å². The number of H-pyrrole nitrogens is 1. The third-order valence-electron chi connectivity index (χ3n) is 4.83. The van der Waals surface area contributed by atoms with Gasteiger partial charge in [0.15, 0.2) is 0 Å². The first-order chi connectivity index (χ1) is 12.8. The molecule has 0 saturated heterocycles. The summed E-state index contributed by atoms with van der Waals surface area (Å²) in [5.74, 6) is 0.974. The van der Waals surface area contributed by atoms with Crippen molar-refractivity contribution in [1.29, 1.82) is 0 Å². The molecule has 0 fully saturated rings. The predicted octanol–water partition coefficient (Wildman–Crippen LogP) is 3.71. The Kier molecular flexibility index (Phi) is 4.44. The number of nitrogens with one attached hydrogen (secondary N) is 2. The summed E-state index contributed by atoms with van der Waals surface area (Å²) in [7, 11) is 0. The number of aromatic amines is 1. The van der Waals surface area contributed by atoms with Gasteiger partial charge in [0, 0.05) is 43.2 Å². The molecule has 5 heteroatoms. The molecule has 5 nitrogen and oxygen atoms in total. The fraction of sp³-hybridized carbons (Fsp3) is 0.238. The molecule has 2 aromatic heterocycles. The average Bonchev–Trinajstić information content (AvgIpc) is 3.35. The van der Waals surface area contributed by atoms with Crippen molar-refractivity contribution in [3.8, 4) is 11.1 Å². The number of pyridine rings is 1. The lowest BCUT2D eigenvalue weighted by molar-refractivity contribution is 0.0747. The highest BCUT2D eigenvalue weighted by atomic mass is 16.2. The lowest BCUT2D eigenvalue weighted by atomic mass is 10.0. The highest BCUT2D eigenvalue weighted by molar-refractivity contribution is 5.94. The van der Waals surface area contributed by atoms with Crippen LogP contribution in [0.4, 0.5) is 5.82 Å². The third kappa shape index (κ3) is 3.08. The van der Waals surface area contributed by atoms with Gasteiger partial charge in [-0.05, 0) is 36.6 Å². The van der Waals surface area contributed by atoms with Gasteiger partial charge in [0.1, 0.15) is 11.5 Å². The Bertz CT molecular complexity index is 917. The van der Waals surface area contributed by atoms with Gasteiger partial charge in [0.25, 0.3) is 5.91 Å². The maximum atomic E-state index is 12.9. The van der Waals surface area contributed by atoms with Crippen molar-refractivity contribution in [3.63, 3.8) is 0 Å². The van der Waals surface area contributed by atoms with Crippen molar-refractivity contribution in [1.82, 2.24) is 14.9 Å². The lowest BCUT2D eigenvalue weighted by Gasteiger charge is -2.20. The number of carbonyl (C=O) groups excluding carboxylic acids is 1. The summed E-state index contributed by atoms with van der Waals surface area (Å²) in [5.41, 5.74) is 5.15. The highest BCUT2D eigenvalue weighted by Gasteiger charge is 2.20. The van der Waals surface area contributed by atoms with Gasteiger partial charge in [0.2, 0.25) is 0 Å². The van der Waals surface area contributed by atoms with Crippen LogP contribution in [0.5, 0.6) is 0 Å². The molecule has 0 bridgehead atoms. The minimum absolute atomic E-state index is 0.0198. The molecule has 1 amide bonds. The molecule has 0 spiro atoms. The SMILES string of the molecule is CCN(Cc1ccccc1)C(=O)c1cc(-c2ccnc3c2CCN3)c[nH]1. The van der Waals surface area contributed by atoms with E-state index < -0.39 is 0 Å². The molecule has 26 heavy (non-hydrogen) atoms. The molecular weight excluding hydrogens is 324 g/mol. The maximum Gasteiger partial charge on any atom is 0.270 e. The van der Waals surface area contributed by atoms with Gasteiger partial charge in [-0.2, -0.15) is 0 Å². The Labute approximate surface area is 153 Å². The second kappa shape index (κ2) is 7.04. The van der Waals surface area contributed by atoms with E-state index in [2.05, 4.69) is 15.3 Å². The summed E-state index contributed by atoms with van der Waals surface area (Å²) in [6, 6.07) is 14.0. The second-order valence-electron chi connectivity index (χ2n) is 6.47. The smallest absolute Gasteiger partial charge is 0.270 e. The van der Waals surface area contributed by atoms with Crippen LogP contribution in [0.1, 0.15) is 28.5 Å². The standard InChI is InChI=1S/C21H22N4O/c1-2-25(14-15-6-4-3-5-7-15)21(26)19-12-16(13-24-19)17-8-10-22-20-18(17)9-11-23-20/h3-8,10,12-13,24H,2,9,11,14H2,1H3,(H,22,23). The maximum absolute atomic E-state index is 12.9. The summed E-state index contributed by atoms with van der Waals surface area (Å²) in [6.45, 7) is 4.19. The fourth-order valence-corrected chi connectivity index (χ4v) is 3.45. The Morgan fingerprint density at radius 2 is 2.08 bits per heavy atom. The molecule has 4 rings (SSSR count). The molecule has 0 saturated carbocycles. The van der Waals surface area contributed by atoms with Crippen molar-refractivity contribution in [3.05, 3.63) is 71.7 Å². The zero-order valence-electron chi connectivity index (χ0n) is 14.8. The molecule has 3 heterocycles. The zero-order chi connectivity index (χ0) is 17.9. The zero-order valence-corrected chi connectivity index (χ0v) is 14.8. The second-order valence-corrected chi connectivity index (χ2v) is 6.47. The van der Waals surface area contributed by atoms with E-state index >= 15 is 0 Å². The van der Waals surface area contributed by atoms with Crippen molar-refractivity contribution in [2.75, 3.05) is 18.4 Å². The molecule has 2 N–H and O–H groups in total. The van der Waals surface area contributed by atoms with Gasteiger partial charge in [-0.1, -0.05) is 30.3 Å². The lowest BCUT2D eigenvalue weighted by Crippen LogP contribution is -2.30. The van der Waals surface area contributed by atoms with Crippen LogP contribution in [0.3, 0.4) is 0 Å². The van der Waals surface area contributed by atoms with E-state index in [0.29, 0.717) is 18.8 Å². The number of hydrogen-bond donors (Lipinski definition) is 2. The minimum atomic E-state index is 0.0198. The first kappa shape index (κ1) is 16.4. The number of amides is 1. The largest absolute Gasteiger partial charge is 0.369 e. The van der Waals surface area contributed by atoms with E-state index in [1.807, 2.05) is 66.7 Å². The van der Waals surface area contributed by atoms with E-state index in [1.54, 1.807) is 0 Å². The van der Waals surface area contributed by atoms with Gasteiger partial charge in [0.05, 0.1) is 0 Å². The number of anilines is 1. The molecule has 1 aromatic carbocycles. The van der Waals surface area contributed by atoms with E-state index in [9.17, 15) is 4.79 Å². The first-order valence-electron chi connectivity index (χ1n) is 9.00. The number of nitrogens with zero attached hydrogens (tertiary/aromatic N) is 2. The van der Waals surface area contributed by atoms with Crippen LogP contribution in [-0.2, 0) is 13.0 Å². The van der Waals surface area contributed by atoms with Crippen LogP contribution in [0.2, 0.25) is 0 Å². The first-order valence-corrected chi connectivity index (χ1v) is 9.00. The molecular formula is C21H22N4O. The van der Waals surface area contributed by atoms with Crippen LogP contribution < -0.4 is 5.32 Å². The molecule has 0 aliphatic carbocycles. The van der Waals surface area contributed by atoms with E-state index in [4.69, 9.17) is 0 Å². The minimum Gasteiger partial charge on any atom is -0.369 e. The molecule has 1 aliphatic rings. The summed E-state index contributed by atoms with van der Waals surface area (Å²) in [5, 5.41) is 3.30. The van der Waals surface area contributed by atoms with Gasteiger partial charge in [-0.25, -0.2) is 4.98 Å². The Morgan fingerprint density at radius 3 is 2.88 bits per heavy atom. The molecule has 0 radical (unpaired) electrons. The predicted molar refractivity (Wildman–Crippen MR) is 103 cm³/mol. The summed E-state index contributed by atoms with van der Waals surface area (Å²) in [6.07, 6.45) is 4.69. The average molecular weight is 346 g/mol. The molecule has 132 valence electrons. The monoisotopic (exact) mass is 346 g/mol. The van der Waals surface area contributed by atoms with E-state index in [1.165, 1.54) is 5.56 Å². The number of rotatable bonds is 5. The van der Waals surface area contributed by atoms with Gasteiger partial charge >= 0.3 is 0 Å². The van der Waals surface area contributed by atoms with Gasteiger partial charge < -0.3 is 15.2 Å². The summed E-state index contributed by atoms with van der Waals surface area (Å²) < 4.78 is 0. The summed E-state index contributed by atoms with van der Waals surface area (Å²) in [4.78, 5) is 22.3. The van der Waals surface area contributed by atoms with Crippen LogP contribution in [0, 0.1) is 0 Å². The van der Waals surface area contributed by atoms with Crippen LogP contribution in [0.25, 0.3) is 11.1 Å². The highest BCUT2D eigenvalue weighted by Crippen LogP contribution is 2.31. The van der Waals surface area contributed by atoms with Crippen molar-refractivity contribution >= 4 is 11.7 Å². The molecule has 0 atom stereocenters. The Hall–Kier alpha value is -3.08. The van der Waals surface area contributed by atoms with Crippen LogP contribution >= 0.6 is 0 Å². The number of aromatic nitrogens is 2. The number of benzene rings is 1. The van der Waals surface area contributed by atoms with Crippen LogP contribution in [-0.4, -0.2) is 33.9 Å². The van der Waals surface area contributed by atoms with Crippen molar-refractivity contribution in [2.24, 2.45) is 0 Å². The quantitative estimate of drug-likeness (QED) is 0.740. The van der Waals surface area contributed by atoms with Crippen molar-refractivity contribution in [2.45, 2.75) is 19.9 Å². The molecule has 0 unspecified atom stereocenters. The number of fused-ring (bicyclic) bond motifs is 1. The van der Waals surface area contributed by atoms with Gasteiger partial charge in [-0.3, -0.25) is 4.79 Å². The third-order valence-corrected chi connectivity index (χ3v) is 4.83. The normalized spacial score (nSPS) is 12.5. The topological polar surface area (TPSA) is 61.0 Å². The number of hydrogen-bond acceptors (Lipinski definition) is 3. The summed E-state index contributed by atoms with van der Waals surface area (Å²) >= 11 is 0. The van der Waals surface area contributed by atoms with Gasteiger partial charge in [-0.15, -0.1) is 0 Å². The van der Waals surface area contributed by atoms with Crippen LogP contribution in [0.15, 0.2) is 54.9 Å². The molecule has 1 aliphatic heterocycles. The fourth-order valence-electron chi connectivity index (χ4n) is 3.45. The number of carbonyl (C=O) groups is 1. The Balaban J connectivity index is 1.57.